The average molecular weight is 239 g/mol. The maximum Gasteiger partial charge on any atom is 0.166 e. The zero-order valence-electron chi connectivity index (χ0n) is 9.28. The minimum Gasteiger partial charge on any atom is -0.484 e. The minimum absolute atomic E-state index is 0.116. The molecular weight excluding hydrogens is 229 g/mol. The smallest absolute Gasteiger partial charge is 0.166 e. The van der Waals surface area contributed by atoms with Crippen LogP contribution in [0.5, 0.6) is 5.75 Å². The van der Waals surface area contributed by atoms with E-state index in [1.807, 2.05) is 0 Å². The Labute approximate surface area is 99.1 Å². The van der Waals surface area contributed by atoms with Crippen LogP contribution in [0.4, 0.5) is 4.39 Å². The molecule has 82 valence electrons. The molecule has 0 saturated carbocycles. The summed E-state index contributed by atoms with van der Waals surface area (Å²) >= 11 is 5.62. The molecule has 0 aliphatic carbocycles. The van der Waals surface area contributed by atoms with Crippen LogP contribution in [0, 0.1) is 5.82 Å². The van der Waals surface area contributed by atoms with Gasteiger partial charge in [-0.1, -0.05) is 17.7 Å². The quantitative estimate of drug-likeness (QED) is 0.817. The highest BCUT2D eigenvalue weighted by molar-refractivity contribution is 6.30. The zero-order valence-corrected chi connectivity index (χ0v) is 9.04. The van der Waals surface area contributed by atoms with Gasteiger partial charge in [-0.3, -0.25) is 4.98 Å². The third kappa shape index (κ3) is 2.70. The van der Waals surface area contributed by atoms with E-state index in [1.54, 1.807) is 24.3 Å². The third-order valence-corrected chi connectivity index (χ3v) is 2.17. The molecule has 16 heavy (non-hydrogen) atoms. The van der Waals surface area contributed by atoms with Crippen molar-refractivity contribution in [3.8, 4) is 5.75 Å². The molecule has 0 spiro atoms. The van der Waals surface area contributed by atoms with Gasteiger partial charge in [-0.15, -0.1) is 0 Å². The van der Waals surface area contributed by atoms with Gasteiger partial charge in [0.2, 0.25) is 0 Å². The number of hydrogen-bond donors (Lipinski definition) is 0. The molecule has 4 heteroatoms. The summed E-state index contributed by atoms with van der Waals surface area (Å²) in [5.74, 6) is -0.397. The van der Waals surface area contributed by atoms with E-state index in [1.165, 1.54) is 12.1 Å². The first kappa shape index (κ1) is 9.60. The molecule has 0 amide bonds. The summed E-state index contributed by atoms with van der Waals surface area (Å²) in [4.78, 5) is 3.93. The van der Waals surface area contributed by atoms with Gasteiger partial charge in [-0.05, 0) is 30.3 Å². The lowest BCUT2D eigenvalue weighted by atomic mass is 10.3. The Hall–Kier alpha value is -1.61. The Balaban J connectivity index is 2.07. The number of ether oxygens (including phenoxy) is 1. The van der Waals surface area contributed by atoms with Crippen LogP contribution in [0.1, 0.15) is 7.06 Å². The van der Waals surface area contributed by atoms with Crippen molar-refractivity contribution < 1.29 is 10.5 Å². The van der Waals surface area contributed by atoms with E-state index in [0.717, 1.165) is 0 Å². The number of nitrogens with zero attached hydrogens (tertiary/aromatic N) is 1. The van der Waals surface area contributed by atoms with Gasteiger partial charge in [0.15, 0.2) is 11.6 Å². The molecule has 2 aromatic rings. The summed E-state index contributed by atoms with van der Waals surface area (Å²) in [6.07, 6.45) is 0.155. The van der Waals surface area contributed by atoms with E-state index >= 15 is 0 Å². The predicted molar refractivity (Wildman–Crippen MR) is 60.0 cm³/mol. The molecule has 0 unspecified atom stereocenters. The topological polar surface area (TPSA) is 22.1 Å². The van der Waals surface area contributed by atoms with Gasteiger partial charge in [0, 0.05) is 11.2 Å². The fourth-order valence-electron chi connectivity index (χ4n) is 1.18. The first-order valence-corrected chi connectivity index (χ1v) is 5.03. The first-order chi connectivity index (χ1) is 8.15. The Morgan fingerprint density at radius 2 is 2.25 bits per heavy atom. The normalized spacial score (nSPS) is 11.0. The van der Waals surface area contributed by atoms with Crippen molar-refractivity contribution >= 4 is 11.6 Å². The monoisotopic (exact) mass is 238 g/mol. The van der Waals surface area contributed by atoms with Gasteiger partial charge in [0.25, 0.3) is 0 Å². The summed E-state index contributed by atoms with van der Waals surface area (Å²) in [5.41, 5.74) is 0.576. The largest absolute Gasteiger partial charge is 0.484 e. The SMILES string of the molecule is [2H]c1cccc(COc2ccc(Cl)cc2F)n1. The molecule has 1 aromatic carbocycles. The molecule has 0 N–H and O–H groups in total. The maximum atomic E-state index is 13.4. The maximum absolute atomic E-state index is 13.4. The second-order valence-corrected chi connectivity index (χ2v) is 3.56. The molecule has 0 bridgehead atoms. The van der Waals surface area contributed by atoms with Crippen LogP contribution in [-0.4, -0.2) is 4.98 Å². The van der Waals surface area contributed by atoms with Crippen molar-refractivity contribution in [2.75, 3.05) is 0 Å². The first-order valence-electron chi connectivity index (χ1n) is 5.15. The van der Waals surface area contributed by atoms with Crippen LogP contribution in [0.15, 0.2) is 42.6 Å². The lowest BCUT2D eigenvalue weighted by Gasteiger charge is -2.06. The van der Waals surface area contributed by atoms with Gasteiger partial charge in [-0.2, -0.15) is 0 Å². The highest BCUT2D eigenvalue weighted by atomic mass is 35.5. The minimum atomic E-state index is -0.514. The Morgan fingerprint density at radius 1 is 1.38 bits per heavy atom. The summed E-state index contributed by atoms with van der Waals surface area (Å²) < 4.78 is 26.0. The highest BCUT2D eigenvalue weighted by Crippen LogP contribution is 2.21. The van der Waals surface area contributed by atoms with Crippen molar-refractivity contribution in [2.24, 2.45) is 0 Å². The van der Waals surface area contributed by atoms with E-state index in [-0.39, 0.29) is 18.5 Å². The number of rotatable bonds is 3. The summed E-state index contributed by atoms with van der Waals surface area (Å²) in [5, 5.41) is 0.320. The van der Waals surface area contributed by atoms with Gasteiger partial charge in [-0.25, -0.2) is 4.39 Å². The Kier molecular flexibility index (Phi) is 2.97. The fraction of sp³-hybridized carbons (Fsp3) is 0.0833. The molecule has 2 nitrogen and oxygen atoms in total. The molecule has 1 aromatic heterocycles. The summed E-state index contributed by atoms with van der Waals surface area (Å²) in [6.45, 7) is 0.116. The van der Waals surface area contributed by atoms with Crippen molar-refractivity contribution in [1.29, 1.82) is 0 Å². The zero-order chi connectivity index (χ0) is 12.3. The fourth-order valence-corrected chi connectivity index (χ4v) is 1.34. The van der Waals surface area contributed by atoms with E-state index in [0.29, 0.717) is 10.7 Å². The molecule has 0 aliphatic heterocycles. The van der Waals surface area contributed by atoms with E-state index in [9.17, 15) is 4.39 Å². The second-order valence-electron chi connectivity index (χ2n) is 3.12. The van der Waals surface area contributed by atoms with Crippen molar-refractivity contribution in [1.82, 2.24) is 4.98 Å². The molecule has 0 saturated heterocycles. The van der Waals surface area contributed by atoms with Crippen LogP contribution in [0.3, 0.4) is 0 Å². The number of aromatic nitrogens is 1. The van der Waals surface area contributed by atoms with Crippen molar-refractivity contribution in [3.63, 3.8) is 0 Å². The molecule has 0 radical (unpaired) electrons. The molecule has 0 fully saturated rings. The standard InChI is InChI=1S/C12H9ClFNO/c13-9-4-5-12(11(14)7-9)16-8-10-3-1-2-6-15-10/h1-7H,8H2/i6D. The summed E-state index contributed by atoms with van der Waals surface area (Å²) in [6, 6.07) is 9.17. The number of hydrogen-bond acceptors (Lipinski definition) is 2. The van der Waals surface area contributed by atoms with Crippen LogP contribution in [-0.2, 0) is 6.61 Å². The molecule has 0 atom stereocenters. The Bertz CT molecular complexity index is 536. The molecule has 2 rings (SSSR count). The Morgan fingerprint density at radius 3 is 3.00 bits per heavy atom. The molecule has 1 heterocycles. The van der Waals surface area contributed by atoms with E-state index in [2.05, 4.69) is 4.98 Å². The number of halogens is 2. The predicted octanol–water partition coefficient (Wildman–Crippen LogP) is 3.45. The number of benzene rings is 1. The van der Waals surface area contributed by atoms with Crippen molar-refractivity contribution in [2.45, 2.75) is 6.61 Å². The average Bonchev–Trinajstić information content (AvgIpc) is 2.28. The molecule has 0 aliphatic rings. The van der Waals surface area contributed by atoms with E-state index in [4.69, 9.17) is 17.7 Å². The number of pyridine rings is 1. The van der Waals surface area contributed by atoms with Gasteiger partial charge in [0.05, 0.1) is 7.06 Å². The third-order valence-electron chi connectivity index (χ3n) is 1.94. The van der Waals surface area contributed by atoms with E-state index < -0.39 is 5.82 Å². The lowest BCUT2D eigenvalue weighted by molar-refractivity contribution is 0.286. The van der Waals surface area contributed by atoms with Gasteiger partial charge in [0.1, 0.15) is 6.61 Å². The van der Waals surface area contributed by atoms with Crippen molar-refractivity contribution in [3.05, 3.63) is 59.1 Å². The molecular formula is C12H9ClFNO. The lowest BCUT2D eigenvalue weighted by Crippen LogP contribution is -1.99. The van der Waals surface area contributed by atoms with Crippen LogP contribution < -0.4 is 4.74 Å². The van der Waals surface area contributed by atoms with Crippen LogP contribution in [0.2, 0.25) is 5.02 Å². The van der Waals surface area contributed by atoms with Crippen LogP contribution >= 0.6 is 11.6 Å². The highest BCUT2D eigenvalue weighted by Gasteiger charge is 2.04. The van der Waals surface area contributed by atoms with Gasteiger partial charge < -0.3 is 4.74 Å². The summed E-state index contributed by atoms with van der Waals surface area (Å²) in [7, 11) is 0. The van der Waals surface area contributed by atoms with Crippen LogP contribution in [0.25, 0.3) is 0 Å². The van der Waals surface area contributed by atoms with Gasteiger partial charge >= 0.3 is 0 Å². The second kappa shape index (κ2) is 4.94.